The Kier molecular flexibility index (Phi) is 2.65. The van der Waals surface area contributed by atoms with Gasteiger partial charge >= 0.3 is 0 Å². The van der Waals surface area contributed by atoms with E-state index >= 15 is 0 Å². The van der Waals surface area contributed by atoms with Gasteiger partial charge in [0.25, 0.3) is 0 Å². The van der Waals surface area contributed by atoms with Crippen LogP contribution in [-0.4, -0.2) is 30.0 Å². The summed E-state index contributed by atoms with van der Waals surface area (Å²) in [5.74, 6) is 1.46. The summed E-state index contributed by atoms with van der Waals surface area (Å²) in [7, 11) is 2.20. The fraction of sp³-hybridized carbons (Fsp3) is 0.700. The van der Waals surface area contributed by atoms with Gasteiger partial charge in [0.2, 0.25) is 0 Å². The lowest BCUT2D eigenvalue weighted by atomic mass is 9.94. The molecule has 0 saturated carbocycles. The first-order chi connectivity index (χ1) is 6.27. The number of hydrogen-bond acceptors (Lipinski definition) is 3. The highest BCUT2D eigenvalue weighted by Gasteiger charge is 2.26. The van der Waals surface area contributed by atoms with Crippen molar-refractivity contribution in [3.8, 4) is 0 Å². The molecule has 1 saturated heterocycles. The molecule has 1 aromatic rings. The van der Waals surface area contributed by atoms with Crippen LogP contribution in [0.3, 0.4) is 0 Å². The molecule has 1 aliphatic rings. The molecule has 13 heavy (non-hydrogen) atoms. The van der Waals surface area contributed by atoms with Crippen molar-refractivity contribution >= 4 is 11.3 Å². The zero-order chi connectivity index (χ0) is 9.26. The number of nitrogens with zero attached hydrogens (tertiary/aromatic N) is 2. The normalized spacial score (nSPS) is 26.5. The molecule has 1 aliphatic heterocycles. The Morgan fingerprint density at radius 3 is 3.08 bits per heavy atom. The third kappa shape index (κ3) is 1.92. The maximum absolute atomic E-state index is 4.39. The van der Waals surface area contributed by atoms with Crippen LogP contribution in [0.15, 0.2) is 11.6 Å². The summed E-state index contributed by atoms with van der Waals surface area (Å²) in [6.07, 6.45) is 3.24. The predicted octanol–water partition coefficient (Wildman–Crippen LogP) is 2.20. The van der Waals surface area contributed by atoms with Crippen LogP contribution in [0.25, 0.3) is 0 Å². The molecule has 2 atom stereocenters. The Hall–Kier alpha value is -0.410. The Morgan fingerprint density at radius 1 is 1.69 bits per heavy atom. The monoisotopic (exact) mass is 196 g/mol. The largest absolute Gasteiger partial charge is 0.306 e. The molecular formula is C10H16N2S. The van der Waals surface area contributed by atoms with Crippen LogP contribution in [0.5, 0.6) is 0 Å². The van der Waals surface area contributed by atoms with Gasteiger partial charge in [-0.05, 0) is 25.9 Å². The predicted molar refractivity (Wildman–Crippen MR) is 56.1 cm³/mol. The van der Waals surface area contributed by atoms with E-state index in [1.165, 1.54) is 24.5 Å². The highest BCUT2D eigenvalue weighted by Crippen LogP contribution is 2.31. The maximum Gasteiger partial charge on any atom is 0.0956 e. The number of likely N-dealkylation sites (tertiary alicyclic amines) is 1. The lowest BCUT2D eigenvalue weighted by Gasteiger charge is -2.16. The molecule has 1 fully saturated rings. The van der Waals surface area contributed by atoms with Gasteiger partial charge in [-0.25, -0.2) is 4.98 Å². The van der Waals surface area contributed by atoms with Crippen LogP contribution in [0.4, 0.5) is 0 Å². The fourth-order valence-corrected chi connectivity index (χ4v) is 2.83. The molecule has 2 nitrogen and oxygen atoms in total. The number of thiazole rings is 1. The zero-order valence-electron chi connectivity index (χ0n) is 8.23. The van der Waals surface area contributed by atoms with Crippen molar-refractivity contribution in [3.63, 3.8) is 0 Å². The minimum atomic E-state index is 0.643. The van der Waals surface area contributed by atoms with Gasteiger partial charge in [0, 0.05) is 24.0 Å². The second kappa shape index (κ2) is 3.76. The van der Waals surface area contributed by atoms with Crippen molar-refractivity contribution in [1.82, 2.24) is 9.88 Å². The first-order valence-corrected chi connectivity index (χ1v) is 5.73. The van der Waals surface area contributed by atoms with Crippen molar-refractivity contribution in [3.05, 3.63) is 16.6 Å². The fourth-order valence-electron chi connectivity index (χ4n) is 2.04. The average Bonchev–Trinajstić information content (AvgIpc) is 2.72. The molecule has 0 radical (unpaired) electrons. The number of aromatic nitrogens is 1. The smallest absolute Gasteiger partial charge is 0.0956 e. The Balaban J connectivity index is 2.02. The molecule has 1 aromatic heterocycles. The average molecular weight is 196 g/mol. The molecular weight excluding hydrogens is 180 g/mol. The van der Waals surface area contributed by atoms with E-state index in [1.807, 2.05) is 6.20 Å². The van der Waals surface area contributed by atoms with E-state index in [9.17, 15) is 0 Å². The summed E-state index contributed by atoms with van der Waals surface area (Å²) in [6, 6.07) is 0. The SMILES string of the molecule is CC(c1nccs1)C1CCN(C)C1. The molecule has 72 valence electrons. The van der Waals surface area contributed by atoms with Gasteiger partial charge in [-0.3, -0.25) is 0 Å². The van der Waals surface area contributed by atoms with E-state index in [-0.39, 0.29) is 0 Å². The van der Waals surface area contributed by atoms with E-state index < -0.39 is 0 Å². The molecule has 2 rings (SSSR count). The quantitative estimate of drug-likeness (QED) is 0.721. The Bertz CT molecular complexity index is 258. The lowest BCUT2D eigenvalue weighted by Crippen LogP contribution is -2.16. The molecule has 0 spiro atoms. The minimum absolute atomic E-state index is 0.643. The molecule has 2 unspecified atom stereocenters. The van der Waals surface area contributed by atoms with Gasteiger partial charge in [0.15, 0.2) is 0 Å². The third-order valence-electron chi connectivity index (χ3n) is 2.98. The van der Waals surface area contributed by atoms with E-state index in [2.05, 4.69) is 29.2 Å². The third-order valence-corrected chi connectivity index (χ3v) is 3.95. The molecule has 3 heteroatoms. The molecule has 0 aliphatic carbocycles. The zero-order valence-corrected chi connectivity index (χ0v) is 9.05. The molecule has 0 aromatic carbocycles. The molecule has 0 amide bonds. The van der Waals surface area contributed by atoms with Crippen molar-refractivity contribution in [2.45, 2.75) is 19.3 Å². The topological polar surface area (TPSA) is 16.1 Å². The first kappa shape index (κ1) is 9.16. The van der Waals surface area contributed by atoms with Gasteiger partial charge in [-0.1, -0.05) is 6.92 Å². The summed E-state index contributed by atoms with van der Waals surface area (Å²) in [5, 5.41) is 3.38. The summed E-state index contributed by atoms with van der Waals surface area (Å²) in [5.41, 5.74) is 0. The highest BCUT2D eigenvalue weighted by atomic mass is 32.1. The van der Waals surface area contributed by atoms with E-state index in [4.69, 9.17) is 0 Å². The molecule has 2 heterocycles. The molecule has 0 bridgehead atoms. The van der Waals surface area contributed by atoms with Crippen LogP contribution in [0.1, 0.15) is 24.3 Å². The van der Waals surface area contributed by atoms with Crippen molar-refractivity contribution in [2.24, 2.45) is 5.92 Å². The van der Waals surface area contributed by atoms with Gasteiger partial charge in [-0.2, -0.15) is 0 Å². The van der Waals surface area contributed by atoms with Crippen LogP contribution < -0.4 is 0 Å². The lowest BCUT2D eigenvalue weighted by molar-refractivity contribution is 0.377. The van der Waals surface area contributed by atoms with E-state index in [0.717, 1.165) is 5.92 Å². The first-order valence-electron chi connectivity index (χ1n) is 4.85. The number of hydrogen-bond donors (Lipinski definition) is 0. The number of rotatable bonds is 2. The van der Waals surface area contributed by atoms with Crippen molar-refractivity contribution in [2.75, 3.05) is 20.1 Å². The van der Waals surface area contributed by atoms with E-state index in [0.29, 0.717) is 5.92 Å². The highest BCUT2D eigenvalue weighted by molar-refractivity contribution is 7.09. The van der Waals surface area contributed by atoms with E-state index in [1.54, 1.807) is 11.3 Å². The Morgan fingerprint density at radius 2 is 2.54 bits per heavy atom. The van der Waals surface area contributed by atoms with Crippen LogP contribution in [-0.2, 0) is 0 Å². The van der Waals surface area contributed by atoms with Crippen LogP contribution >= 0.6 is 11.3 Å². The summed E-state index contributed by atoms with van der Waals surface area (Å²) < 4.78 is 0. The van der Waals surface area contributed by atoms with Crippen LogP contribution in [0, 0.1) is 5.92 Å². The van der Waals surface area contributed by atoms with Crippen molar-refractivity contribution in [1.29, 1.82) is 0 Å². The minimum Gasteiger partial charge on any atom is -0.306 e. The van der Waals surface area contributed by atoms with Gasteiger partial charge in [0.05, 0.1) is 5.01 Å². The van der Waals surface area contributed by atoms with Gasteiger partial charge < -0.3 is 4.90 Å². The summed E-state index contributed by atoms with van der Waals surface area (Å²) in [4.78, 5) is 6.80. The van der Waals surface area contributed by atoms with Crippen LogP contribution in [0.2, 0.25) is 0 Å². The Labute approximate surface area is 83.6 Å². The van der Waals surface area contributed by atoms with Gasteiger partial charge in [0.1, 0.15) is 0 Å². The maximum atomic E-state index is 4.39. The summed E-state index contributed by atoms with van der Waals surface area (Å²) >= 11 is 1.79. The van der Waals surface area contributed by atoms with Crippen molar-refractivity contribution < 1.29 is 0 Å². The second-order valence-corrected chi connectivity index (χ2v) is 4.90. The molecule has 0 N–H and O–H groups in total. The second-order valence-electron chi connectivity index (χ2n) is 3.97. The summed E-state index contributed by atoms with van der Waals surface area (Å²) in [6.45, 7) is 4.80. The van der Waals surface area contributed by atoms with Gasteiger partial charge in [-0.15, -0.1) is 11.3 Å². The standard InChI is InChI=1S/C10H16N2S/c1-8(10-11-4-6-13-10)9-3-5-12(2)7-9/h4,6,8-9H,3,5,7H2,1-2H3.